The molecule has 0 aliphatic rings. The molecule has 7 heteroatoms. The molecule has 0 radical (unpaired) electrons. The van der Waals surface area contributed by atoms with Crippen LogP contribution in [0, 0.1) is 20.8 Å². The van der Waals surface area contributed by atoms with E-state index in [-0.39, 0.29) is 0 Å². The molecule has 3 aromatic heterocycles. The van der Waals surface area contributed by atoms with Gasteiger partial charge in [0.25, 0.3) is 0 Å². The average molecular weight is 355 g/mol. The maximum absolute atomic E-state index is 5.50. The van der Waals surface area contributed by atoms with Crippen LogP contribution in [-0.4, -0.2) is 19.9 Å². The molecule has 0 bridgehead atoms. The first kappa shape index (κ1) is 18.5. The molecule has 0 fully saturated rings. The minimum Gasteiger partial charge on any atom is -0.245 e. The molecule has 0 spiro atoms. The fourth-order valence-corrected chi connectivity index (χ4v) is 2.15. The zero-order valence-corrected chi connectivity index (χ0v) is 14.8. The lowest BCUT2D eigenvalue weighted by Gasteiger charge is -1.87. The third kappa shape index (κ3) is 8.67. The lowest BCUT2D eigenvalue weighted by Crippen LogP contribution is -1.75. The standard InChI is InChI=1S/C6H6ClN.C5H6N2.C4H4ClNS/c1-5-2-3-6(7)8-4-5;1-5-2-6-4-7-3-5;1-3-2-6-4(5)7-3/h2-4H,1H3;2-4H,1H3;2H,1H3. The molecule has 116 valence electrons. The van der Waals surface area contributed by atoms with Gasteiger partial charge in [0.05, 0.1) is 0 Å². The summed E-state index contributed by atoms with van der Waals surface area (Å²) in [5.74, 6) is 0. The van der Waals surface area contributed by atoms with Crippen molar-refractivity contribution >= 4 is 34.5 Å². The molecule has 0 amide bonds. The van der Waals surface area contributed by atoms with Crippen molar-refractivity contribution in [1.82, 2.24) is 19.9 Å². The normalized spacial score (nSPS) is 9.14. The van der Waals surface area contributed by atoms with E-state index in [1.807, 2.05) is 26.8 Å². The van der Waals surface area contributed by atoms with Gasteiger partial charge in [-0.15, -0.1) is 11.3 Å². The largest absolute Gasteiger partial charge is 0.245 e. The van der Waals surface area contributed by atoms with Gasteiger partial charge in [0.1, 0.15) is 11.5 Å². The Labute approximate surface area is 144 Å². The number of halogens is 2. The van der Waals surface area contributed by atoms with Gasteiger partial charge in [-0.05, 0) is 38.0 Å². The number of aromatic nitrogens is 4. The quantitative estimate of drug-likeness (QED) is 0.536. The fourth-order valence-electron chi connectivity index (χ4n) is 1.15. The van der Waals surface area contributed by atoms with Crippen molar-refractivity contribution in [3.63, 3.8) is 0 Å². The molecule has 3 aromatic rings. The third-order valence-electron chi connectivity index (χ3n) is 2.16. The van der Waals surface area contributed by atoms with Crippen molar-refractivity contribution in [3.8, 4) is 0 Å². The number of nitrogens with zero attached hydrogens (tertiary/aromatic N) is 4. The monoisotopic (exact) mass is 354 g/mol. The van der Waals surface area contributed by atoms with Crippen LogP contribution in [0.3, 0.4) is 0 Å². The van der Waals surface area contributed by atoms with Crippen molar-refractivity contribution in [2.24, 2.45) is 0 Å². The molecule has 0 saturated carbocycles. The Kier molecular flexibility index (Phi) is 8.58. The summed E-state index contributed by atoms with van der Waals surface area (Å²) in [4.78, 5) is 16.3. The Bertz CT molecular complexity index is 619. The molecular weight excluding hydrogens is 339 g/mol. The molecule has 0 N–H and O–H groups in total. The molecule has 3 heterocycles. The van der Waals surface area contributed by atoms with Crippen molar-refractivity contribution in [1.29, 1.82) is 0 Å². The van der Waals surface area contributed by atoms with Gasteiger partial charge in [-0.3, -0.25) is 0 Å². The van der Waals surface area contributed by atoms with Crippen LogP contribution in [0.25, 0.3) is 0 Å². The van der Waals surface area contributed by atoms with Crippen LogP contribution in [-0.2, 0) is 0 Å². The lowest BCUT2D eigenvalue weighted by molar-refractivity contribution is 1.13. The number of thiazole rings is 1. The third-order valence-corrected chi connectivity index (χ3v) is 3.41. The molecule has 0 saturated heterocycles. The first-order valence-electron chi connectivity index (χ1n) is 6.35. The minimum atomic E-state index is 0.551. The number of rotatable bonds is 0. The van der Waals surface area contributed by atoms with Crippen LogP contribution in [0.1, 0.15) is 16.0 Å². The van der Waals surface area contributed by atoms with Crippen LogP contribution in [0.5, 0.6) is 0 Å². The highest BCUT2D eigenvalue weighted by atomic mass is 35.5. The summed E-state index contributed by atoms with van der Waals surface area (Å²) in [6.45, 7) is 5.91. The van der Waals surface area contributed by atoms with E-state index >= 15 is 0 Å². The van der Waals surface area contributed by atoms with E-state index in [2.05, 4.69) is 19.9 Å². The average Bonchev–Trinajstić information content (AvgIpc) is 2.88. The van der Waals surface area contributed by atoms with Crippen molar-refractivity contribution in [2.45, 2.75) is 20.8 Å². The molecule has 0 atom stereocenters. The second kappa shape index (κ2) is 10.2. The summed E-state index contributed by atoms with van der Waals surface area (Å²) in [5.41, 5.74) is 2.23. The number of pyridine rings is 1. The fraction of sp³-hybridized carbons (Fsp3) is 0.200. The topological polar surface area (TPSA) is 51.6 Å². The van der Waals surface area contributed by atoms with E-state index in [4.69, 9.17) is 23.2 Å². The molecule has 3 rings (SSSR count). The Balaban J connectivity index is 0.000000166. The van der Waals surface area contributed by atoms with Crippen molar-refractivity contribution in [3.05, 3.63) is 68.9 Å². The van der Waals surface area contributed by atoms with Gasteiger partial charge in [0.2, 0.25) is 0 Å². The van der Waals surface area contributed by atoms with Crippen LogP contribution in [0.15, 0.2) is 43.2 Å². The van der Waals surface area contributed by atoms with Gasteiger partial charge in [-0.25, -0.2) is 19.9 Å². The first-order valence-corrected chi connectivity index (χ1v) is 7.92. The Morgan fingerprint density at radius 1 is 0.818 bits per heavy atom. The maximum Gasteiger partial charge on any atom is 0.183 e. The number of aryl methyl sites for hydroxylation is 3. The predicted molar refractivity (Wildman–Crippen MR) is 92.6 cm³/mol. The second-order valence-corrected chi connectivity index (χ2v) is 6.50. The zero-order valence-electron chi connectivity index (χ0n) is 12.5. The van der Waals surface area contributed by atoms with E-state index in [9.17, 15) is 0 Å². The molecule has 0 aliphatic heterocycles. The van der Waals surface area contributed by atoms with Gasteiger partial charge in [-0.1, -0.05) is 29.3 Å². The summed E-state index contributed by atoms with van der Waals surface area (Å²) in [7, 11) is 0. The van der Waals surface area contributed by atoms with Crippen LogP contribution >= 0.6 is 34.5 Å². The highest BCUT2D eigenvalue weighted by Crippen LogP contribution is 2.15. The van der Waals surface area contributed by atoms with Crippen molar-refractivity contribution < 1.29 is 0 Å². The molecule has 0 aliphatic carbocycles. The lowest BCUT2D eigenvalue weighted by atomic mass is 10.3. The van der Waals surface area contributed by atoms with Crippen molar-refractivity contribution in [2.75, 3.05) is 0 Å². The highest BCUT2D eigenvalue weighted by Gasteiger charge is 1.88. The molecule has 22 heavy (non-hydrogen) atoms. The number of hydrogen-bond acceptors (Lipinski definition) is 5. The van der Waals surface area contributed by atoms with Crippen LogP contribution < -0.4 is 0 Å². The van der Waals surface area contributed by atoms with Gasteiger partial charge in [0.15, 0.2) is 4.47 Å². The Morgan fingerprint density at radius 3 is 1.77 bits per heavy atom. The zero-order chi connectivity index (χ0) is 16.4. The maximum atomic E-state index is 5.50. The summed E-state index contributed by atoms with van der Waals surface area (Å²) in [6, 6.07) is 3.70. The second-order valence-electron chi connectivity index (χ2n) is 4.30. The van der Waals surface area contributed by atoms with E-state index in [0.717, 1.165) is 16.0 Å². The van der Waals surface area contributed by atoms with E-state index in [1.165, 1.54) is 17.7 Å². The number of hydrogen-bond donors (Lipinski definition) is 0. The highest BCUT2D eigenvalue weighted by molar-refractivity contribution is 7.15. The predicted octanol–water partition coefficient (Wildman–Crippen LogP) is 4.93. The molecular formula is C15H16Cl2N4S. The Morgan fingerprint density at radius 2 is 1.50 bits per heavy atom. The molecule has 4 nitrogen and oxygen atoms in total. The van der Waals surface area contributed by atoms with Gasteiger partial charge >= 0.3 is 0 Å². The molecule has 0 aromatic carbocycles. The summed E-state index contributed by atoms with van der Waals surface area (Å²) >= 11 is 12.5. The summed E-state index contributed by atoms with van der Waals surface area (Å²) < 4.78 is 0.623. The van der Waals surface area contributed by atoms with Gasteiger partial charge < -0.3 is 0 Å². The van der Waals surface area contributed by atoms with E-state index < -0.39 is 0 Å². The SMILES string of the molecule is Cc1ccc(Cl)nc1.Cc1cnc(Cl)s1.Cc1cncnc1. The smallest absolute Gasteiger partial charge is 0.183 e. The molecule has 0 unspecified atom stereocenters. The Hall–Kier alpha value is -1.56. The minimum absolute atomic E-state index is 0.551. The van der Waals surface area contributed by atoms with Gasteiger partial charge in [0, 0.05) is 29.7 Å². The van der Waals surface area contributed by atoms with Gasteiger partial charge in [-0.2, -0.15) is 0 Å². The summed E-state index contributed by atoms with van der Waals surface area (Å²) in [5, 5.41) is 0.551. The van der Waals surface area contributed by atoms with E-state index in [0.29, 0.717) is 9.62 Å². The van der Waals surface area contributed by atoms with Crippen LogP contribution in [0.4, 0.5) is 0 Å². The van der Waals surface area contributed by atoms with E-state index in [1.54, 1.807) is 30.9 Å². The summed E-state index contributed by atoms with van der Waals surface area (Å²) in [6.07, 6.45) is 8.56. The van der Waals surface area contributed by atoms with Crippen LogP contribution in [0.2, 0.25) is 9.62 Å². The first-order chi connectivity index (χ1) is 10.5.